The van der Waals surface area contributed by atoms with Crippen molar-refractivity contribution in [3.63, 3.8) is 0 Å². The van der Waals surface area contributed by atoms with E-state index in [4.69, 9.17) is 16.3 Å². The van der Waals surface area contributed by atoms with Gasteiger partial charge in [0.15, 0.2) is 0 Å². The van der Waals surface area contributed by atoms with Crippen molar-refractivity contribution in [2.45, 2.75) is 18.8 Å². The van der Waals surface area contributed by atoms with Gasteiger partial charge < -0.3 is 4.74 Å². The normalized spacial score (nSPS) is 12.3. The Bertz CT molecular complexity index is 1280. The summed E-state index contributed by atoms with van der Waals surface area (Å²) in [7, 11) is -4.97. The monoisotopic (exact) mass is 481 g/mol. The quantitative estimate of drug-likeness (QED) is 0.449. The van der Waals surface area contributed by atoms with Crippen LogP contribution in [0.2, 0.25) is 5.15 Å². The smallest absolute Gasteiger partial charge is 0.355 e. The van der Waals surface area contributed by atoms with Gasteiger partial charge in [0.1, 0.15) is 28.9 Å². The Morgan fingerprint density at radius 3 is 2.47 bits per heavy atom. The van der Waals surface area contributed by atoms with Gasteiger partial charge in [-0.1, -0.05) is 29.8 Å². The van der Waals surface area contributed by atoms with Crippen LogP contribution in [0.3, 0.4) is 0 Å². The third-order valence-electron chi connectivity index (χ3n) is 4.44. The maximum atomic E-state index is 13.2. The van der Waals surface area contributed by atoms with Crippen molar-refractivity contribution >= 4 is 27.3 Å². The second-order valence-corrected chi connectivity index (χ2v) is 8.57. The molecule has 0 amide bonds. The minimum Gasteiger partial charge on any atom is -0.484 e. The van der Waals surface area contributed by atoms with E-state index in [0.29, 0.717) is 16.7 Å². The molecule has 166 valence electrons. The van der Waals surface area contributed by atoms with Crippen LogP contribution in [0, 0.1) is 17.1 Å². The molecule has 11 heteroatoms. The lowest BCUT2D eigenvalue weighted by atomic mass is 10.0. The molecule has 0 aliphatic rings. The first-order chi connectivity index (χ1) is 15.1. The predicted octanol–water partition coefficient (Wildman–Crippen LogP) is 5.52. The number of aromatic nitrogens is 1. The number of hydrogen-bond acceptors (Lipinski definition) is 5. The minimum absolute atomic E-state index is 0.0328. The zero-order valence-electron chi connectivity index (χ0n) is 16.4. The molecule has 0 radical (unpaired) electrons. The number of nitrogens with zero attached hydrogens (tertiary/aromatic N) is 2. The number of sulfonamides is 1. The van der Waals surface area contributed by atoms with Crippen molar-refractivity contribution < 1.29 is 26.3 Å². The fourth-order valence-electron chi connectivity index (χ4n) is 2.84. The Hall–Kier alpha value is -3.29. The lowest BCUT2D eigenvalue weighted by Gasteiger charge is -2.20. The largest absolute Gasteiger partial charge is 0.484 e. The number of anilines is 1. The summed E-state index contributed by atoms with van der Waals surface area (Å²) in [5.41, 5.74) is 1.20. The van der Waals surface area contributed by atoms with Gasteiger partial charge in [-0.25, -0.2) is 17.8 Å². The number of nitrogens with one attached hydrogen (secondary N) is 1. The van der Waals surface area contributed by atoms with Crippen LogP contribution in [0.5, 0.6) is 5.75 Å². The van der Waals surface area contributed by atoms with E-state index in [2.05, 4.69) is 4.98 Å². The summed E-state index contributed by atoms with van der Waals surface area (Å²) < 4.78 is 70.1. The molecule has 1 N–H and O–H groups in total. The van der Waals surface area contributed by atoms with Crippen molar-refractivity contribution in [1.29, 1.82) is 5.26 Å². The highest BCUT2D eigenvalue weighted by Gasteiger charge is 2.26. The van der Waals surface area contributed by atoms with Crippen molar-refractivity contribution in [2.75, 3.05) is 4.72 Å². The SMILES string of the molecule is CC(Oc1cc(-c2ccnc(Cl)c2C#N)ccc1NS(=O)(=O)C(F)F)c1ccc(F)cc1. The van der Waals surface area contributed by atoms with Crippen LogP contribution in [0.4, 0.5) is 18.9 Å². The average molecular weight is 482 g/mol. The molecule has 0 spiro atoms. The first-order valence-electron chi connectivity index (χ1n) is 9.03. The van der Waals surface area contributed by atoms with Gasteiger partial charge in [-0.05, 0) is 48.4 Å². The number of halogens is 4. The molecule has 1 heterocycles. The van der Waals surface area contributed by atoms with E-state index in [9.17, 15) is 26.9 Å². The number of rotatable bonds is 7. The van der Waals surface area contributed by atoms with Gasteiger partial charge in [-0.3, -0.25) is 4.72 Å². The van der Waals surface area contributed by atoms with Crippen LogP contribution in [-0.4, -0.2) is 19.2 Å². The maximum absolute atomic E-state index is 13.2. The van der Waals surface area contributed by atoms with Crippen LogP contribution in [0.1, 0.15) is 24.2 Å². The standard InChI is InChI=1S/C21H15ClF3N3O3S/c1-12(13-2-5-15(23)6-3-13)31-19-10-14(16-8-9-27-20(22)17(16)11-26)4-7-18(19)28-32(29,30)21(24)25/h2-10,12,21,28H,1H3. The predicted molar refractivity (Wildman–Crippen MR) is 113 cm³/mol. The number of nitriles is 1. The Kier molecular flexibility index (Phi) is 6.91. The third kappa shape index (κ3) is 5.12. The Labute approximate surface area is 187 Å². The van der Waals surface area contributed by atoms with Crippen LogP contribution in [-0.2, 0) is 10.0 Å². The molecule has 6 nitrogen and oxygen atoms in total. The number of alkyl halides is 2. The molecule has 0 aliphatic heterocycles. The topological polar surface area (TPSA) is 92.1 Å². The molecule has 1 aromatic heterocycles. The van der Waals surface area contributed by atoms with Gasteiger partial charge in [0.05, 0.1) is 11.3 Å². The maximum Gasteiger partial charge on any atom is 0.355 e. The molecule has 32 heavy (non-hydrogen) atoms. The van der Waals surface area contributed by atoms with E-state index < -0.39 is 27.7 Å². The summed E-state index contributed by atoms with van der Waals surface area (Å²) >= 11 is 5.98. The lowest BCUT2D eigenvalue weighted by Crippen LogP contribution is -2.21. The zero-order valence-corrected chi connectivity index (χ0v) is 18.0. The Morgan fingerprint density at radius 1 is 1.16 bits per heavy atom. The van der Waals surface area contributed by atoms with E-state index in [-0.39, 0.29) is 22.2 Å². The van der Waals surface area contributed by atoms with Crippen molar-refractivity contribution in [1.82, 2.24) is 4.98 Å². The minimum atomic E-state index is -4.97. The van der Waals surface area contributed by atoms with Gasteiger partial charge in [0, 0.05) is 11.8 Å². The van der Waals surface area contributed by atoms with Gasteiger partial charge in [-0.15, -0.1) is 0 Å². The molecule has 1 unspecified atom stereocenters. The summed E-state index contributed by atoms with van der Waals surface area (Å²) in [5, 5.41) is 9.37. The fraction of sp³-hybridized carbons (Fsp3) is 0.143. The number of pyridine rings is 1. The first-order valence-corrected chi connectivity index (χ1v) is 11.0. The molecular weight excluding hydrogens is 467 g/mol. The molecule has 3 aromatic rings. The van der Waals surface area contributed by atoms with Crippen LogP contribution in [0.15, 0.2) is 54.7 Å². The van der Waals surface area contributed by atoms with Gasteiger partial charge >= 0.3 is 5.76 Å². The van der Waals surface area contributed by atoms with Crippen molar-refractivity contribution in [3.8, 4) is 22.9 Å². The molecule has 3 rings (SSSR count). The lowest BCUT2D eigenvalue weighted by molar-refractivity contribution is 0.228. The van der Waals surface area contributed by atoms with E-state index >= 15 is 0 Å². The third-order valence-corrected chi connectivity index (χ3v) is 5.70. The second-order valence-electron chi connectivity index (χ2n) is 6.57. The average Bonchev–Trinajstić information content (AvgIpc) is 2.75. The Morgan fingerprint density at radius 2 is 1.84 bits per heavy atom. The van der Waals surface area contributed by atoms with E-state index in [1.165, 1.54) is 54.7 Å². The molecule has 1 atom stereocenters. The summed E-state index contributed by atoms with van der Waals surface area (Å²) in [6.07, 6.45) is 0.685. The highest BCUT2D eigenvalue weighted by molar-refractivity contribution is 7.93. The summed E-state index contributed by atoms with van der Waals surface area (Å²) in [6.45, 7) is 1.62. The van der Waals surface area contributed by atoms with Gasteiger partial charge in [-0.2, -0.15) is 14.0 Å². The molecule has 0 aliphatic carbocycles. The first kappa shape index (κ1) is 23.4. The number of benzene rings is 2. The van der Waals surface area contributed by atoms with Crippen LogP contribution < -0.4 is 9.46 Å². The van der Waals surface area contributed by atoms with Crippen LogP contribution >= 0.6 is 11.6 Å². The van der Waals surface area contributed by atoms with E-state index in [0.717, 1.165) is 0 Å². The van der Waals surface area contributed by atoms with Crippen LogP contribution in [0.25, 0.3) is 11.1 Å². The highest BCUT2D eigenvalue weighted by Crippen LogP contribution is 2.36. The summed E-state index contributed by atoms with van der Waals surface area (Å²) in [5.74, 6) is -4.19. The molecule has 0 saturated heterocycles. The number of ether oxygens (including phenoxy) is 1. The molecule has 0 fully saturated rings. The van der Waals surface area contributed by atoms with Crippen molar-refractivity contribution in [3.05, 3.63) is 76.8 Å². The molecule has 0 saturated carbocycles. The van der Waals surface area contributed by atoms with Crippen molar-refractivity contribution in [2.24, 2.45) is 0 Å². The summed E-state index contributed by atoms with van der Waals surface area (Å²) in [6, 6.07) is 12.9. The molecule has 0 bridgehead atoms. The fourth-order valence-corrected chi connectivity index (χ4v) is 3.61. The van der Waals surface area contributed by atoms with E-state index in [1.807, 2.05) is 6.07 Å². The Balaban J connectivity index is 2.08. The molecule has 2 aromatic carbocycles. The molecular formula is C21H15ClF3N3O3S. The van der Waals surface area contributed by atoms with Gasteiger partial charge in [0.25, 0.3) is 10.0 Å². The van der Waals surface area contributed by atoms with E-state index in [1.54, 1.807) is 11.6 Å². The highest BCUT2D eigenvalue weighted by atomic mass is 35.5. The number of hydrogen-bond donors (Lipinski definition) is 1. The summed E-state index contributed by atoms with van der Waals surface area (Å²) in [4.78, 5) is 3.85. The second kappa shape index (κ2) is 9.46. The van der Waals surface area contributed by atoms with Gasteiger partial charge in [0.2, 0.25) is 0 Å². The zero-order chi connectivity index (χ0) is 23.5.